The van der Waals surface area contributed by atoms with E-state index in [0.29, 0.717) is 0 Å². The second-order valence-corrected chi connectivity index (χ2v) is 4.69. The molecule has 0 aliphatic rings. The van der Waals surface area contributed by atoms with Crippen LogP contribution in [0.2, 0.25) is 0 Å². The second kappa shape index (κ2) is 4.61. The van der Waals surface area contributed by atoms with Crippen molar-refractivity contribution in [2.45, 2.75) is 47.1 Å². The van der Waals surface area contributed by atoms with Crippen molar-refractivity contribution >= 4 is 0 Å². The molecule has 1 unspecified atom stereocenters. The Morgan fingerprint density at radius 1 is 1.46 bits per heavy atom. The molecule has 0 saturated heterocycles. The van der Waals surface area contributed by atoms with Gasteiger partial charge in [-0.15, -0.1) is 6.58 Å². The maximum Gasteiger partial charge on any atom is 0.0719 e. The van der Waals surface area contributed by atoms with Crippen molar-refractivity contribution < 1.29 is 5.11 Å². The minimum absolute atomic E-state index is 0.104. The van der Waals surface area contributed by atoms with Gasteiger partial charge in [0.25, 0.3) is 0 Å². The van der Waals surface area contributed by atoms with Crippen LogP contribution in [-0.2, 0) is 0 Å². The summed E-state index contributed by atoms with van der Waals surface area (Å²) in [6, 6.07) is 0. The minimum atomic E-state index is -0.343. The van der Waals surface area contributed by atoms with E-state index in [9.17, 15) is 5.11 Å². The zero-order valence-electron chi connectivity index (χ0n) is 9.52. The highest BCUT2D eigenvalue weighted by Gasteiger charge is 2.15. The molecule has 13 heavy (non-hydrogen) atoms. The van der Waals surface area contributed by atoms with Crippen LogP contribution in [0.25, 0.3) is 0 Å². The molecular weight excluding hydrogens is 160 g/mol. The van der Waals surface area contributed by atoms with Crippen molar-refractivity contribution in [3.63, 3.8) is 0 Å². The molecule has 0 heterocycles. The third kappa shape index (κ3) is 5.64. The van der Waals surface area contributed by atoms with Crippen molar-refractivity contribution in [3.05, 3.63) is 23.8 Å². The van der Waals surface area contributed by atoms with Crippen LogP contribution in [0.1, 0.15) is 41.0 Å². The topological polar surface area (TPSA) is 20.2 Å². The van der Waals surface area contributed by atoms with Crippen LogP contribution in [0.3, 0.4) is 0 Å². The Morgan fingerprint density at radius 2 is 1.92 bits per heavy atom. The largest absolute Gasteiger partial charge is 0.389 e. The number of hydrogen-bond donors (Lipinski definition) is 1. The van der Waals surface area contributed by atoms with Gasteiger partial charge in [-0.2, -0.15) is 0 Å². The molecule has 1 N–H and O–H groups in total. The third-order valence-electron chi connectivity index (χ3n) is 2.03. The Morgan fingerprint density at radius 3 is 2.23 bits per heavy atom. The average Bonchev–Trinajstić information content (AvgIpc) is 1.81. The van der Waals surface area contributed by atoms with Crippen molar-refractivity contribution in [3.8, 4) is 0 Å². The third-order valence-corrected chi connectivity index (χ3v) is 2.03. The van der Waals surface area contributed by atoms with Gasteiger partial charge in [-0.05, 0) is 38.2 Å². The normalized spacial score (nSPS) is 15.7. The van der Waals surface area contributed by atoms with Crippen LogP contribution in [0.4, 0.5) is 0 Å². The summed E-state index contributed by atoms with van der Waals surface area (Å²) < 4.78 is 0. The van der Waals surface area contributed by atoms with E-state index < -0.39 is 0 Å². The van der Waals surface area contributed by atoms with E-state index in [1.807, 2.05) is 13.8 Å². The fourth-order valence-electron chi connectivity index (χ4n) is 1.57. The first kappa shape index (κ1) is 12.4. The molecule has 0 fully saturated rings. The number of hydrogen-bond acceptors (Lipinski definition) is 1. The molecule has 0 rings (SSSR count). The Balaban J connectivity index is 4.47. The molecule has 0 amide bonds. The summed E-state index contributed by atoms with van der Waals surface area (Å²) in [5, 5.41) is 9.33. The number of rotatable bonds is 4. The predicted octanol–water partition coefficient (Wildman–Crippen LogP) is 3.31. The quantitative estimate of drug-likeness (QED) is 0.661. The average molecular weight is 182 g/mol. The maximum absolute atomic E-state index is 9.33. The fraction of sp³-hybridized carbons (Fsp3) is 0.667. The van der Waals surface area contributed by atoms with Crippen LogP contribution in [0.5, 0.6) is 0 Å². The summed E-state index contributed by atoms with van der Waals surface area (Å²) >= 11 is 0. The van der Waals surface area contributed by atoms with Gasteiger partial charge < -0.3 is 5.11 Å². The lowest BCUT2D eigenvalue weighted by molar-refractivity contribution is 0.229. The van der Waals surface area contributed by atoms with Crippen molar-refractivity contribution in [1.29, 1.82) is 0 Å². The molecule has 0 spiro atoms. The smallest absolute Gasteiger partial charge is 0.0719 e. The summed E-state index contributed by atoms with van der Waals surface area (Å²) in [7, 11) is 0. The van der Waals surface area contributed by atoms with Gasteiger partial charge in [0.2, 0.25) is 0 Å². The van der Waals surface area contributed by atoms with Crippen molar-refractivity contribution in [1.82, 2.24) is 0 Å². The summed E-state index contributed by atoms with van der Waals surface area (Å²) in [5.41, 5.74) is 2.32. The molecule has 0 aliphatic heterocycles. The molecule has 0 bridgehead atoms. The van der Waals surface area contributed by atoms with E-state index in [1.165, 1.54) is 5.57 Å². The number of allylic oxidation sites excluding steroid dienone is 2. The Hall–Kier alpha value is -0.560. The van der Waals surface area contributed by atoms with E-state index in [-0.39, 0.29) is 11.5 Å². The monoisotopic (exact) mass is 182 g/mol. The first-order valence-corrected chi connectivity index (χ1v) is 4.76. The van der Waals surface area contributed by atoms with Crippen LogP contribution in [0, 0.1) is 5.41 Å². The summed E-state index contributed by atoms with van der Waals surface area (Å²) in [6.45, 7) is 14.0. The van der Waals surface area contributed by atoms with Gasteiger partial charge >= 0.3 is 0 Å². The lowest BCUT2D eigenvalue weighted by Crippen LogP contribution is -2.12. The van der Waals surface area contributed by atoms with Gasteiger partial charge in [0.05, 0.1) is 6.10 Å². The molecule has 0 aromatic carbocycles. The van der Waals surface area contributed by atoms with Crippen LogP contribution < -0.4 is 0 Å². The summed E-state index contributed by atoms with van der Waals surface area (Å²) in [4.78, 5) is 0. The Labute approximate surface area is 82.2 Å². The molecule has 0 aromatic rings. The highest BCUT2D eigenvalue weighted by molar-refractivity contribution is 5.11. The molecule has 1 heteroatoms. The SMILES string of the molecule is C=C(C)CC(C)(C)/C=C(\C)C(C)O. The van der Waals surface area contributed by atoms with E-state index in [1.54, 1.807) is 6.92 Å². The second-order valence-electron chi connectivity index (χ2n) is 4.69. The molecule has 0 aromatic heterocycles. The summed E-state index contributed by atoms with van der Waals surface area (Å²) in [6.07, 6.45) is 2.76. The molecule has 1 atom stereocenters. The zero-order valence-corrected chi connectivity index (χ0v) is 9.52. The molecular formula is C12H22O. The molecule has 0 radical (unpaired) electrons. The highest BCUT2D eigenvalue weighted by Crippen LogP contribution is 2.27. The standard InChI is InChI=1S/C12H22O/c1-9(2)7-12(5,6)8-10(3)11(4)13/h8,11,13H,1,7H2,2-6H3/b10-8+. The molecule has 76 valence electrons. The number of aliphatic hydroxyl groups is 1. The molecule has 0 saturated carbocycles. The van der Waals surface area contributed by atoms with Gasteiger partial charge in [0, 0.05) is 0 Å². The first-order valence-electron chi connectivity index (χ1n) is 4.76. The van der Waals surface area contributed by atoms with E-state index in [0.717, 1.165) is 12.0 Å². The van der Waals surface area contributed by atoms with E-state index in [2.05, 4.69) is 26.5 Å². The van der Waals surface area contributed by atoms with Gasteiger partial charge in [0.15, 0.2) is 0 Å². The van der Waals surface area contributed by atoms with Gasteiger partial charge in [-0.1, -0.05) is 25.5 Å². The molecule has 1 nitrogen and oxygen atoms in total. The highest BCUT2D eigenvalue weighted by atomic mass is 16.3. The number of aliphatic hydroxyl groups excluding tert-OH is 1. The van der Waals surface area contributed by atoms with Gasteiger partial charge in [-0.25, -0.2) is 0 Å². The van der Waals surface area contributed by atoms with Gasteiger partial charge in [-0.3, -0.25) is 0 Å². The van der Waals surface area contributed by atoms with Crippen LogP contribution in [0.15, 0.2) is 23.8 Å². The Bertz CT molecular complexity index is 209. The van der Waals surface area contributed by atoms with Crippen molar-refractivity contribution in [2.24, 2.45) is 5.41 Å². The Kier molecular flexibility index (Phi) is 4.41. The zero-order chi connectivity index (χ0) is 10.6. The predicted molar refractivity (Wildman–Crippen MR) is 58.6 cm³/mol. The lowest BCUT2D eigenvalue weighted by Gasteiger charge is -2.22. The van der Waals surface area contributed by atoms with Crippen molar-refractivity contribution in [2.75, 3.05) is 0 Å². The molecule has 0 aliphatic carbocycles. The van der Waals surface area contributed by atoms with E-state index >= 15 is 0 Å². The van der Waals surface area contributed by atoms with E-state index in [4.69, 9.17) is 0 Å². The minimum Gasteiger partial charge on any atom is -0.389 e. The van der Waals surface area contributed by atoms with Crippen LogP contribution in [-0.4, -0.2) is 11.2 Å². The fourth-order valence-corrected chi connectivity index (χ4v) is 1.57. The van der Waals surface area contributed by atoms with Crippen LogP contribution >= 0.6 is 0 Å². The lowest BCUT2D eigenvalue weighted by atomic mass is 9.84. The summed E-state index contributed by atoms with van der Waals surface area (Å²) in [5.74, 6) is 0. The first-order chi connectivity index (χ1) is 5.74. The van der Waals surface area contributed by atoms with Gasteiger partial charge in [0.1, 0.15) is 0 Å². The maximum atomic E-state index is 9.33.